The fourth-order valence-corrected chi connectivity index (χ4v) is 1.81. The Kier molecular flexibility index (Phi) is 5.19. The van der Waals surface area contributed by atoms with Gasteiger partial charge >= 0.3 is 27.8 Å². The van der Waals surface area contributed by atoms with Crippen LogP contribution in [-0.4, -0.2) is 26.5 Å². The zero-order chi connectivity index (χ0) is 18.1. The summed E-state index contributed by atoms with van der Waals surface area (Å²) in [5.74, 6) is -2.77. The predicted octanol–water partition coefficient (Wildman–Crippen LogP) is 3.11. The number of benzene rings is 1. The molecular weight excluding hydrogens is 358 g/mol. The Morgan fingerprint density at radius 1 is 1.13 bits per heavy atom. The van der Waals surface area contributed by atoms with E-state index in [1.54, 1.807) is 0 Å². The number of hydrogen-bond acceptors (Lipinski definition) is 5. The Labute approximate surface area is 125 Å². The molecule has 0 aliphatic heterocycles. The summed E-state index contributed by atoms with van der Waals surface area (Å²) in [7, 11) is -6.29. The van der Waals surface area contributed by atoms with Crippen LogP contribution in [0.1, 0.15) is 22.8 Å². The van der Waals surface area contributed by atoms with Crippen molar-refractivity contribution in [1.29, 1.82) is 0 Å². The van der Waals surface area contributed by atoms with Crippen molar-refractivity contribution in [3.63, 3.8) is 0 Å². The molecule has 1 aromatic rings. The molecule has 0 aliphatic rings. The molecular formula is C11H8F6O5S. The van der Waals surface area contributed by atoms with E-state index in [-0.39, 0.29) is 12.7 Å². The van der Waals surface area contributed by atoms with Gasteiger partial charge in [-0.1, -0.05) is 0 Å². The Morgan fingerprint density at radius 3 is 2.13 bits per heavy atom. The number of esters is 1. The summed E-state index contributed by atoms with van der Waals surface area (Å²) in [4.78, 5) is 11.4. The van der Waals surface area contributed by atoms with Gasteiger partial charge in [-0.3, -0.25) is 0 Å². The van der Waals surface area contributed by atoms with Gasteiger partial charge in [0.1, 0.15) is 5.56 Å². The molecule has 0 atom stereocenters. The fourth-order valence-electron chi connectivity index (χ4n) is 1.33. The van der Waals surface area contributed by atoms with Gasteiger partial charge in [-0.15, -0.1) is 0 Å². The smallest absolute Gasteiger partial charge is 0.462 e. The summed E-state index contributed by atoms with van der Waals surface area (Å²) < 4.78 is 105. The summed E-state index contributed by atoms with van der Waals surface area (Å²) in [6.45, 7) is 1.23. The van der Waals surface area contributed by atoms with Gasteiger partial charge in [0.15, 0.2) is 5.75 Å². The number of halogens is 6. The van der Waals surface area contributed by atoms with E-state index in [1.807, 2.05) is 0 Å². The molecule has 23 heavy (non-hydrogen) atoms. The molecule has 130 valence electrons. The lowest BCUT2D eigenvalue weighted by Gasteiger charge is -2.15. The second-order valence-electron chi connectivity index (χ2n) is 3.91. The first-order valence-corrected chi connectivity index (χ1v) is 7.09. The molecule has 5 nitrogen and oxygen atoms in total. The zero-order valence-electron chi connectivity index (χ0n) is 11.2. The maximum Gasteiger partial charge on any atom is 0.534 e. The first-order valence-electron chi connectivity index (χ1n) is 5.68. The van der Waals surface area contributed by atoms with Crippen molar-refractivity contribution < 1.29 is 48.5 Å². The van der Waals surface area contributed by atoms with Crippen LogP contribution in [0.5, 0.6) is 5.75 Å². The summed E-state index contributed by atoms with van der Waals surface area (Å²) in [6.07, 6.45) is -5.26. The van der Waals surface area contributed by atoms with Crippen molar-refractivity contribution in [3.05, 3.63) is 29.3 Å². The highest BCUT2D eigenvalue weighted by Gasteiger charge is 2.49. The summed E-state index contributed by atoms with van der Waals surface area (Å²) in [6, 6.07) is 1.08. The molecule has 0 aliphatic carbocycles. The molecule has 0 unspecified atom stereocenters. The zero-order valence-corrected chi connectivity index (χ0v) is 12.0. The van der Waals surface area contributed by atoms with Gasteiger partial charge in [0, 0.05) is 0 Å². The molecule has 0 spiro atoms. The van der Waals surface area contributed by atoms with Crippen LogP contribution < -0.4 is 4.18 Å². The standard InChI is InChI=1S/C11H8F6O5S/c1-2-21-9(18)6-3-4-8(7(5-6)10(12,13)14)22-23(19,20)11(15,16)17/h3-5H,2H2,1H3. The molecule has 0 heterocycles. The van der Waals surface area contributed by atoms with E-state index < -0.39 is 44.6 Å². The van der Waals surface area contributed by atoms with E-state index in [9.17, 15) is 39.6 Å². The van der Waals surface area contributed by atoms with Gasteiger partial charge in [0.2, 0.25) is 0 Å². The first-order chi connectivity index (χ1) is 10.3. The summed E-state index contributed by atoms with van der Waals surface area (Å²) in [5.41, 5.74) is -8.40. The Hall–Kier alpha value is -1.98. The lowest BCUT2D eigenvalue weighted by Crippen LogP contribution is -2.29. The lowest BCUT2D eigenvalue weighted by atomic mass is 10.1. The van der Waals surface area contributed by atoms with Crippen molar-refractivity contribution in [1.82, 2.24) is 0 Å². The van der Waals surface area contributed by atoms with Crippen molar-refractivity contribution >= 4 is 16.1 Å². The molecule has 0 aromatic heterocycles. The highest BCUT2D eigenvalue weighted by atomic mass is 32.2. The third-order valence-corrected chi connectivity index (χ3v) is 3.24. The molecule has 1 rings (SSSR count). The van der Waals surface area contributed by atoms with Crippen LogP contribution >= 0.6 is 0 Å². The molecule has 0 saturated carbocycles. The minimum absolute atomic E-state index is 0.138. The molecule has 0 N–H and O–H groups in total. The molecule has 12 heteroatoms. The number of rotatable bonds is 4. The third-order valence-electron chi connectivity index (χ3n) is 2.28. The highest BCUT2D eigenvalue weighted by molar-refractivity contribution is 7.88. The molecule has 0 saturated heterocycles. The van der Waals surface area contributed by atoms with Crippen molar-refractivity contribution in [3.8, 4) is 5.75 Å². The Morgan fingerprint density at radius 2 is 1.70 bits per heavy atom. The first kappa shape index (κ1) is 19.1. The van der Waals surface area contributed by atoms with Crippen LogP contribution in [0.3, 0.4) is 0 Å². The average Bonchev–Trinajstić information content (AvgIpc) is 2.36. The van der Waals surface area contributed by atoms with Gasteiger partial charge in [-0.25, -0.2) is 4.79 Å². The predicted molar refractivity (Wildman–Crippen MR) is 63.0 cm³/mol. The van der Waals surface area contributed by atoms with Gasteiger partial charge in [0.05, 0.1) is 12.2 Å². The van der Waals surface area contributed by atoms with Crippen LogP contribution in [0.25, 0.3) is 0 Å². The minimum Gasteiger partial charge on any atom is -0.462 e. The Balaban J connectivity index is 3.37. The van der Waals surface area contributed by atoms with Crippen LogP contribution in [-0.2, 0) is 21.0 Å². The fraction of sp³-hybridized carbons (Fsp3) is 0.364. The highest BCUT2D eigenvalue weighted by Crippen LogP contribution is 2.39. The number of ether oxygens (including phenoxy) is 1. The maximum absolute atomic E-state index is 12.8. The number of carbonyl (C=O) groups excluding carboxylic acids is 1. The molecule has 0 radical (unpaired) electrons. The van der Waals surface area contributed by atoms with Crippen LogP contribution in [0, 0.1) is 0 Å². The lowest BCUT2D eigenvalue weighted by molar-refractivity contribution is -0.138. The van der Waals surface area contributed by atoms with E-state index in [1.165, 1.54) is 6.92 Å². The van der Waals surface area contributed by atoms with Crippen molar-refractivity contribution in [2.75, 3.05) is 6.61 Å². The SMILES string of the molecule is CCOC(=O)c1ccc(OS(=O)(=O)C(F)(F)F)c(C(F)(F)F)c1. The van der Waals surface area contributed by atoms with Crippen molar-refractivity contribution in [2.24, 2.45) is 0 Å². The number of hydrogen-bond donors (Lipinski definition) is 0. The van der Waals surface area contributed by atoms with Crippen LogP contribution in [0.15, 0.2) is 18.2 Å². The quantitative estimate of drug-likeness (QED) is 0.354. The maximum atomic E-state index is 12.8. The minimum atomic E-state index is -6.29. The Bertz CT molecular complexity index is 692. The van der Waals surface area contributed by atoms with Gasteiger partial charge in [0.25, 0.3) is 0 Å². The van der Waals surface area contributed by atoms with E-state index >= 15 is 0 Å². The van der Waals surface area contributed by atoms with E-state index in [4.69, 9.17) is 0 Å². The van der Waals surface area contributed by atoms with E-state index in [0.717, 1.165) is 0 Å². The normalized spacial score (nSPS) is 12.8. The summed E-state index contributed by atoms with van der Waals surface area (Å²) in [5, 5.41) is 0. The second-order valence-corrected chi connectivity index (χ2v) is 5.45. The third kappa shape index (κ3) is 4.50. The molecule has 1 aromatic carbocycles. The van der Waals surface area contributed by atoms with Crippen LogP contribution in [0.4, 0.5) is 26.3 Å². The number of carbonyl (C=O) groups is 1. The number of alkyl halides is 6. The topological polar surface area (TPSA) is 69.7 Å². The monoisotopic (exact) mass is 366 g/mol. The second kappa shape index (κ2) is 6.26. The molecule has 0 amide bonds. The van der Waals surface area contributed by atoms with Gasteiger partial charge < -0.3 is 8.92 Å². The van der Waals surface area contributed by atoms with Gasteiger partial charge in [-0.05, 0) is 25.1 Å². The van der Waals surface area contributed by atoms with Crippen molar-refractivity contribution in [2.45, 2.75) is 18.6 Å². The molecule has 0 bridgehead atoms. The molecule has 0 fully saturated rings. The van der Waals surface area contributed by atoms with E-state index in [0.29, 0.717) is 12.1 Å². The van der Waals surface area contributed by atoms with Gasteiger partial charge in [-0.2, -0.15) is 34.8 Å². The average molecular weight is 366 g/mol. The van der Waals surface area contributed by atoms with E-state index in [2.05, 4.69) is 8.92 Å². The van der Waals surface area contributed by atoms with Crippen LogP contribution in [0.2, 0.25) is 0 Å². The largest absolute Gasteiger partial charge is 0.534 e. The summed E-state index contributed by atoms with van der Waals surface area (Å²) >= 11 is 0.